The van der Waals surface area contributed by atoms with E-state index in [0.29, 0.717) is 18.7 Å². The monoisotopic (exact) mass is 586 g/mol. The van der Waals surface area contributed by atoms with Crippen molar-refractivity contribution in [3.05, 3.63) is 120 Å². The molecule has 0 saturated heterocycles. The van der Waals surface area contributed by atoms with Crippen LogP contribution in [0.1, 0.15) is 33.6 Å². The van der Waals surface area contributed by atoms with Gasteiger partial charge in [-0.05, 0) is 59.9 Å². The zero-order valence-electron chi connectivity index (χ0n) is 24.4. The minimum Gasteiger partial charge on any atom is -0.497 e. The van der Waals surface area contributed by atoms with Gasteiger partial charge in [-0.3, -0.25) is 15.3 Å². The maximum absolute atomic E-state index is 13.4. The van der Waals surface area contributed by atoms with Crippen LogP contribution in [0.5, 0.6) is 5.75 Å². The standard InChI is InChI=1S/C34H34N8O2/c1-44-25-13-10-22(11-14-25)21-42-32(15-12-23-19-35-28-8-4-2-6-26(23)28)40-41-33(42)31(38-34(43)30-16-17-37-39-30)18-24-20-36-29-9-5-3-7-27(24)29/h2-11,13-14,16-17,19-20,31-32,35-36,40H,12,15,18,21H2,1H3,(H,37,39)(H,38,43)/t31-,32?/m1/s1. The number of H-pyrrole nitrogens is 3. The number of nitrogens with zero attached hydrogens (tertiary/aromatic N) is 3. The van der Waals surface area contributed by atoms with Crippen LogP contribution in [0.2, 0.25) is 0 Å². The molecule has 0 saturated carbocycles. The second-order valence-corrected chi connectivity index (χ2v) is 11.0. The van der Waals surface area contributed by atoms with Crippen LogP contribution < -0.4 is 15.5 Å². The lowest BCUT2D eigenvalue weighted by molar-refractivity contribution is 0.0939. The number of hydrogen-bond acceptors (Lipinski definition) is 6. The van der Waals surface area contributed by atoms with E-state index in [9.17, 15) is 4.79 Å². The summed E-state index contributed by atoms with van der Waals surface area (Å²) in [5.74, 6) is 1.35. The predicted octanol–water partition coefficient (Wildman–Crippen LogP) is 5.10. The van der Waals surface area contributed by atoms with Gasteiger partial charge in [0.05, 0.1) is 13.2 Å². The number of amidine groups is 1. The van der Waals surface area contributed by atoms with Gasteiger partial charge >= 0.3 is 0 Å². The highest BCUT2D eigenvalue weighted by Gasteiger charge is 2.34. The molecule has 44 heavy (non-hydrogen) atoms. The van der Waals surface area contributed by atoms with Crippen LogP contribution >= 0.6 is 0 Å². The third-order valence-corrected chi connectivity index (χ3v) is 8.33. The van der Waals surface area contributed by atoms with Gasteiger partial charge in [-0.15, -0.1) is 0 Å². The Kier molecular flexibility index (Phi) is 7.46. The van der Waals surface area contributed by atoms with E-state index < -0.39 is 6.04 Å². The number of ether oxygens (including phenoxy) is 1. The second kappa shape index (κ2) is 12.0. The van der Waals surface area contributed by atoms with Gasteiger partial charge in [0.2, 0.25) is 0 Å². The van der Waals surface area contributed by atoms with Crippen LogP contribution in [0.25, 0.3) is 21.8 Å². The first-order chi connectivity index (χ1) is 21.7. The molecule has 0 radical (unpaired) electrons. The number of aromatic nitrogens is 4. The smallest absolute Gasteiger partial charge is 0.269 e. The van der Waals surface area contributed by atoms with E-state index >= 15 is 0 Å². The number of nitrogens with one attached hydrogen (secondary N) is 5. The highest BCUT2D eigenvalue weighted by molar-refractivity contribution is 5.98. The van der Waals surface area contributed by atoms with Crippen molar-refractivity contribution in [1.82, 2.24) is 35.8 Å². The molecule has 1 aliphatic rings. The van der Waals surface area contributed by atoms with Gasteiger partial charge < -0.3 is 24.9 Å². The van der Waals surface area contributed by atoms with Gasteiger partial charge in [0.15, 0.2) is 0 Å². The van der Waals surface area contributed by atoms with Crippen molar-refractivity contribution in [2.24, 2.45) is 5.10 Å². The number of methoxy groups -OCH3 is 1. The van der Waals surface area contributed by atoms with Crippen molar-refractivity contribution in [2.75, 3.05) is 7.11 Å². The number of aryl methyl sites for hydroxylation is 1. The van der Waals surface area contributed by atoms with Gasteiger partial charge in [0, 0.05) is 53.4 Å². The number of fused-ring (bicyclic) bond motifs is 2. The number of hydrazone groups is 1. The predicted molar refractivity (Wildman–Crippen MR) is 171 cm³/mol. The minimum absolute atomic E-state index is 0.0738. The van der Waals surface area contributed by atoms with Crippen LogP contribution in [-0.4, -0.2) is 56.1 Å². The Morgan fingerprint density at radius 3 is 2.34 bits per heavy atom. The molecule has 4 heterocycles. The van der Waals surface area contributed by atoms with E-state index in [0.717, 1.165) is 52.0 Å². The molecule has 10 heteroatoms. The maximum Gasteiger partial charge on any atom is 0.269 e. The maximum atomic E-state index is 13.4. The lowest BCUT2D eigenvalue weighted by Gasteiger charge is -2.31. The molecule has 1 aliphatic heterocycles. The molecule has 0 fully saturated rings. The zero-order valence-corrected chi connectivity index (χ0v) is 24.4. The van der Waals surface area contributed by atoms with Crippen LogP contribution in [-0.2, 0) is 19.4 Å². The van der Waals surface area contributed by atoms with Crippen LogP contribution in [0, 0.1) is 0 Å². The van der Waals surface area contributed by atoms with Gasteiger partial charge in [-0.2, -0.15) is 10.2 Å². The molecule has 7 rings (SSSR count). The van der Waals surface area contributed by atoms with E-state index in [1.807, 2.05) is 36.5 Å². The average molecular weight is 587 g/mol. The molecule has 222 valence electrons. The molecule has 5 N–H and O–H groups in total. The van der Waals surface area contributed by atoms with E-state index in [4.69, 9.17) is 9.84 Å². The second-order valence-electron chi connectivity index (χ2n) is 11.0. The number of rotatable bonds is 11. The zero-order chi connectivity index (χ0) is 29.9. The van der Waals surface area contributed by atoms with Crippen molar-refractivity contribution in [3.8, 4) is 5.75 Å². The van der Waals surface area contributed by atoms with E-state index in [1.165, 1.54) is 10.9 Å². The molecular weight excluding hydrogens is 552 g/mol. The largest absolute Gasteiger partial charge is 0.497 e. The number of carbonyl (C=O) groups is 1. The molecule has 10 nitrogen and oxygen atoms in total. The molecule has 2 atom stereocenters. The summed E-state index contributed by atoms with van der Waals surface area (Å²) in [4.78, 5) is 22.4. The lowest BCUT2D eigenvalue weighted by Crippen LogP contribution is -2.50. The molecule has 0 bridgehead atoms. The summed E-state index contributed by atoms with van der Waals surface area (Å²) < 4.78 is 5.40. The molecule has 1 unspecified atom stereocenters. The van der Waals surface area contributed by atoms with Gasteiger partial charge in [-0.1, -0.05) is 48.5 Å². The third-order valence-electron chi connectivity index (χ3n) is 8.33. The third kappa shape index (κ3) is 5.49. The Hall–Kier alpha value is -5.51. The molecule has 6 aromatic rings. The highest BCUT2D eigenvalue weighted by Crippen LogP contribution is 2.26. The number of para-hydroxylation sites is 2. The van der Waals surface area contributed by atoms with Crippen molar-refractivity contribution < 1.29 is 9.53 Å². The summed E-state index contributed by atoms with van der Waals surface area (Å²) in [5.41, 5.74) is 9.49. The Morgan fingerprint density at radius 1 is 0.932 bits per heavy atom. The van der Waals surface area contributed by atoms with Crippen LogP contribution in [0.15, 0.2) is 103 Å². The quantitative estimate of drug-likeness (QED) is 0.144. The van der Waals surface area contributed by atoms with E-state index in [-0.39, 0.29) is 12.1 Å². The number of hydrogen-bond donors (Lipinski definition) is 5. The first-order valence-electron chi connectivity index (χ1n) is 14.8. The number of carbonyl (C=O) groups excluding carboxylic acids is 1. The number of aromatic amines is 3. The Bertz CT molecular complexity index is 1900. The van der Waals surface area contributed by atoms with Crippen LogP contribution in [0.4, 0.5) is 0 Å². The summed E-state index contributed by atoms with van der Waals surface area (Å²) >= 11 is 0. The van der Waals surface area contributed by atoms with Gasteiger partial charge in [0.25, 0.3) is 5.91 Å². The normalized spacial score (nSPS) is 15.3. The number of benzene rings is 3. The SMILES string of the molecule is COc1ccc(CN2C([C@@H](Cc3c[nH]c4ccccc34)NC(=O)c3ccn[nH]3)=NNC2CCc2c[nH]c3ccccc23)cc1. The summed E-state index contributed by atoms with van der Waals surface area (Å²) in [7, 11) is 1.67. The average Bonchev–Trinajstić information content (AvgIpc) is 3.88. The van der Waals surface area contributed by atoms with E-state index in [2.05, 4.69) is 84.5 Å². The molecule has 0 aliphatic carbocycles. The van der Waals surface area contributed by atoms with Gasteiger partial charge in [-0.25, -0.2) is 0 Å². The van der Waals surface area contributed by atoms with Crippen molar-refractivity contribution >= 4 is 33.5 Å². The molecular formula is C34H34N8O2. The fourth-order valence-corrected chi connectivity index (χ4v) is 6.03. The fourth-order valence-electron chi connectivity index (χ4n) is 6.03. The summed E-state index contributed by atoms with van der Waals surface area (Å²) in [5, 5.41) is 17.3. The first-order valence-corrected chi connectivity index (χ1v) is 14.8. The van der Waals surface area contributed by atoms with Crippen molar-refractivity contribution in [1.29, 1.82) is 0 Å². The lowest BCUT2D eigenvalue weighted by atomic mass is 10.0. The Labute approximate surface area is 254 Å². The summed E-state index contributed by atoms with van der Waals surface area (Å²) in [6, 6.07) is 25.9. The Morgan fingerprint density at radius 2 is 1.64 bits per heavy atom. The van der Waals surface area contributed by atoms with Crippen molar-refractivity contribution in [3.63, 3.8) is 0 Å². The highest BCUT2D eigenvalue weighted by atomic mass is 16.5. The molecule has 3 aromatic heterocycles. The summed E-state index contributed by atoms with van der Waals surface area (Å²) in [6.07, 6.45) is 7.85. The Balaban J connectivity index is 1.20. The van der Waals surface area contributed by atoms with Gasteiger partial charge in [0.1, 0.15) is 23.4 Å². The summed E-state index contributed by atoms with van der Waals surface area (Å²) in [6.45, 7) is 0.610. The first kappa shape index (κ1) is 27.3. The van der Waals surface area contributed by atoms with Crippen molar-refractivity contribution in [2.45, 2.75) is 38.0 Å². The molecule has 1 amide bonds. The minimum atomic E-state index is -0.408. The fraction of sp³-hybridized carbons (Fsp3) is 0.206. The molecule has 0 spiro atoms. The van der Waals surface area contributed by atoms with Crippen LogP contribution in [0.3, 0.4) is 0 Å². The van der Waals surface area contributed by atoms with E-state index in [1.54, 1.807) is 19.4 Å². The molecule has 3 aromatic carbocycles. The number of amides is 1. The topological polar surface area (TPSA) is 126 Å².